The van der Waals surface area contributed by atoms with E-state index in [-0.39, 0.29) is 35.7 Å². The number of benzene rings is 2. The second-order valence-corrected chi connectivity index (χ2v) is 13.0. The Hall–Kier alpha value is -5.89. The molecule has 0 radical (unpaired) electrons. The van der Waals surface area contributed by atoms with E-state index in [1.54, 1.807) is 4.90 Å². The first-order chi connectivity index (χ1) is 25.7. The molecule has 298 valence electrons. The molecule has 1 spiro atoms. The minimum Gasteiger partial charge on any atom is -0.475 e. The number of guanidine groups is 1. The van der Waals surface area contributed by atoms with Crippen molar-refractivity contribution in [2.45, 2.75) is 75.4 Å². The largest absolute Gasteiger partial charge is 0.490 e. The zero-order chi connectivity index (χ0) is 40.7. The molecule has 6 rings (SSSR count). The number of alkyl halides is 6. The summed E-state index contributed by atoms with van der Waals surface area (Å²) in [6.45, 7) is 3.34. The lowest BCUT2D eigenvalue weighted by Gasteiger charge is -2.43. The number of carboxylic acids is 2. The second-order valence-electron chi connectivity index (χ2n) is 13.0. The Balaban J connectivity index is 0.000000410. The maximum absolute atomic E-state index is 13.8. The van der Waals surface area contributed by atoms with Crippen LogP contribution >= 0.6 is 0 Å². The van der Waals surface area contributed by atoms with Crippen LogP contribution in [-0.2, 0) is 14.4 Å². The number of nitrogens with one attached hydrogen (secondary N) is 4. The number of carbonyl (C=O) groups is 4. The van der Waals surface area contributed by atoms with Gasteiger partial charge in [-0.05, 0) is 56.9 Å². The number of piperidine rings is 1. The predicted molar refractivity (Wildman–Crippen MR) is 186 cm³/mol. The van der Waals surface area contributed by atoms with Crippen LogP contribution in [0.1, 0.15) is 54.7 Å². The van der Waals surface area contributed by atoms with Gasteiger partial charge in [0.05, 0.1) is 12.2 Å². The Kier molecular flexibility index (Phi) is 13.0. The lowest BCUT2D eigenvalue weighted by Crippen LogP contribution is -2.57. The normalized spacial score (nSPS) is 19.3. The molecule has 0 bridgehead atoms. The van der Waals surface area contributed by atoms with Gasteiger partial charge in [-0.25, -0.2) is 19.6 Å². The molecule has 21 heteroatoms. The minimum atomic E-state index is -5.08. The SMILES string of the molecule is Cc1ccc2nc(C(=O)N3CCC4(CC3)C(=O)NCN4c3ccccc3)nc(NC3CCCCC3NC(=N)N)c2c1.O=C(O)C(F)(F)F.O=C(O)C(F)(F)F. The zero-order valence-electron chi connectivity index (χ0n) is 29.3. The average molecular weight is 784 g/mol. The van der Waals surface area contributed by atoms with Gasteiger partial charge in [-0.1, -0.05) is 42.7 Å². The maximum Gasteiger partial charge on any atom is 0.490 e. The first-order valence-corrected chi connectivity index (χ1v) is 16.9. The number of aliphatic carboxylic acids is 2. The summed E-state index contributed by atoms with van der Waals surface area (Å²) in [5.41, 5.74) is 7.76. The molecule has 1 saturated carbocycles. The molecule has 2 atom stereocenters. The summed E-state index contributed by atoms with van der Waals surface area (Å²) in [4.78, 5) is 58.0. The van der Waals surface area contributed by atoms with Gasteiger partial charge in [0.2, 0.25) is 11.7 Å². The van der Waals surface area contributed by atoms with Crippen molar-refractivity contribution < 1.29 is 55.7 Å². The number of anilines is 2. The van der Waals surface area contributed by atoms with Crippen molar-refractivity contribution in [2.24, 2.45) is 5.73 Å². The molecular weight excluding hydrogens is 744 g/mol. The Morgan fingerprint density at radius 1 is 0.927 bits per heavy atom. The molecule has 2 aliphatic heterocycles. The van der Waals surface area contributed by atoms with E-state index >= 15 is 0 Å². The number of para-hydroxylation sites is 1. The van der Waals surface area contributed by atoms with Gasteiger partial charge in [0.1, 0.15) is 11.4 Å². The molecule has 8 N–H and O–H groups in total. The van der Waals surface area contributed by atoms with Crippen LogP contribution < -0.4 is 26.6 Å². The van der Waals surface area contributed by atoms with Crippen LogP contribution in [0, 0.1) is 12.3 Å². The number of likely N-dealkylation sites (tertiary alicyclic amines) is 1. The second kappa shape index (κ2) is 17.1. The van der Waals surface area contributed by atoms with Crippen molar-refractivity contribution in [1.82, 2.24) is 25.5 Å². The molecule has 3 aromatic rings. The molecule has 3 fully saturated rings. The number of nitrogens with two attached hydrogens (primary N) is 1. The molecule has 2 saturated heterocycles. The van der Waals surface area contributed by atoms with Crippen LogP contribution in [0.4, 0.5) is 37.8 Å². The Morgan fingerprint density at radius 2 is 1.49 bits per heavy atom. The third-order valence-corrected chi connectivity index (χ3v) is 9.24. The summed E-state index contributed by atoms with van der Waals surface area (Å²) in [6, 6.07) is 15.9. The molecule has 3 heterocycles. The topological polar surface area (TPSA) is 227 Å². The lowest BCUT2D eigenvalue weighted by atomic mass is 9.85. The number of amides is 2. The van der Waals surface area contributed by atoms with E-state index in [0.717, 1.165) is 42.3 Å². The standard InChI is InChI=1S/C30H37N9O2.2C2HF3O2/c1-19-11-12-22-21(17-19)25(35-23-9-5-6-10-24(23)36-29(31)32)37-26(34-22)27(40)38-15-13-30(14-16-38)28(41)33-18-39(30)20-7-3-2-4-8-20;2*3-2(4,5)1(6)7/h2-4,7-8,11-12,17,23-24H,5-6,9-10,13-16,18H2,1H3,(H,33,41)(H4,31,32,36)(H,34,35,37);2*(H,6,7). The molecule has 2 unspecified atom stereocenters. The molecule has 3 aliphatic rings. The maximum atomic E-state index is 13.8. The van der Waals surface area contributed by atoms with Crippen LogP contribution in [0.3, 0.4) is 0 Å². The summed E-state index contributed by atoms with van der Waals surface area (Å²) in [6.07, 6.45) is -5.19. The van der Waals surface area contributed by atoms with Gasteiger partial charge >= 0.3 is 24.3 Å². The van der Waals surface area contributed by atoms with Crippen LogP contribution in [0.25, 0.3) is 10.9 Å². The molecule has 1 aromatic heterocycles. The molecule has 15 nitrogen and oxygen atoms in total. The number of fused-ring (bicyclic) bond motifs is 1. The van der Waals surface area contributed by atoms with Crippen LogP contribution in [-0.4, -0.2) is 105 Å². The minimum absolute atomic E-state index is 0.00127. The number of nitrogens with zero attached hydrogens (tertiary/aromatic N) is 4. The van der Waals surface area contributed by atoms with Gasteiger partial charge in [0.15, 0.2) is 5.96 Å². The van der Waals surface area contributed by atoms with Crippen molar-refractivity contribution in [3.05, 3.63) is 59.9 Å². The fourth-order valence-electron chi connectivity index (χ4n) is 6.55. The third-order valence-electron chi connectivity index (χ3n) is 9.24. The van der Waals surface area contributed by atoms with E-state index in [4.69, 9.17) is 35.9 Å². The van der Waals surface area contributed by atoms with E-state index in [9.17, 15) is 35.9 Å². The van der Waals surface area contributed by atoms with Gasteiger partial charge in [0.25, 0.3) is 5.91 Å². The predicted octanol–water partition coefficient (Wildman–Crippen LogP) is 3.98. The Labute approximate surface area is 309 Å². The zero-order valence-corrected chi connectivity index (χ0v) is 29.3. The van der Waals surface area contributed by atoms with Crippen LogP contribution in [0.5, 0.6) is 0 Å². The van der Waals surface area contributed by atoms with Gasteiger partial charge in [0, 0.05) is 36.2 Å². The first kappa shape index (κ1) is 41.9. The van der Waals surface area contributed by atoms with Gasteiger partial charge < -0.3 is 41.7 Å². The molecule has 1 aliphatic carbocycles. The highest BCUT2D eigenvalue weighted by molar-refractivity contribution is 5.98. The van der Waals surface area contributed by atoms with Gasteiger partial charge in [-0.2, -0.15) is 26.3 Å². The highest BCUT2D eigenvalue weighted by Crippen LogP contribution is 2.36. The monoisotopic (exact) mass is 783 g/mol. The van der Waals surface area contributed by atoms with Crippen LogP contribution in [0.15, 0.2) is 48.5 Å². The van der Waals surface area contributed by atoms with Gasteiger partial charge in [-0.3, -0.25) is 15.0 Å². The summed E-state index contributed by atoms with van der Waals surface area (Å²) >= 11 is 0. The highest BCUT2D eigenvalue weighted by Gasteiger charge is 2.51. The molecular formula is C34H39F6N9O6. The highest BCUT2D eigenvalue weighted by atomic mass is 19.4. The average Bonchev–Trinajstić information content (AvgIpc) is 3.43. The quantitative estimate of drug-likeness (QED) is 0.111. The van der Waals surface area contributed by atoms with Gasteiger partial charge in [-0.15, -0.1) is 0 Å². The summed E-state index contributed by atoms with van der Waals surface area (Å²) < 4.78 is 63.5. The number of hydrogen-bond donors (Lipinski definition) is 7. The van der Waals surface area contributed by atoms with Crippen molar-refractivity contribution in [3.8, 4) is 0 Å². The number of aromatic nitrogens is 2. The number of rotatable bonds is 5. The van der Waals surface area contributed by atoms with E-state index in [2.05, 4.69) is 25.8 Å². The molecule has 2 amide bonds. The van der Waals surface area contributed by atoms with Crippen molar-refractivity contribution in [1.29, 1.82) is 5.41 Å². The molecule has 2 aromatic carbocycles. The molecule has 55 heavy (non-hydrogen) atoms. The summed E-state index contributed by atoms with van der Waals surface area (Å²) in [5, 5.41) is 32.5. The van der Waals surface area contributed by atoms with E-state index in [1.807, 2.05) is 55.5 Å². The summed E-state index contributed by atoms with van der Waals surface area (Å²) in [5.74, 6) is -5.03. The van der Waals surface area contributed by atoms with E-state index in [1.165, 1.54) is 0 Å². The fourth-order valence-corrected chi connectivity index (χ4v) is 6.55. The van der Waals surface area contributed by atoms with Crippen LogP contribution in [0.2, 0.25) is 0 Å². The number of hydrogen-bond acceptors (Lipinski definition) is 9. The number of carboxylic acid groups (broad SMARTS) is 2. The first-order valence-electron chi connectivity index (χ1n) is 16.9. The smallest absolute Gasteiger partial charge is 0.475 e. The fraction of sp³-hybridized carbons (Fsp3) is 0.441. The van der Waals surface area contributed by atoms with Crippen molar-refractivity contribution in [2.75, 3.05) is 30.0 Å². The number of halogens is 6. The van der Waals surface area contributed by atoms with E-state index < -0.39 is 29.8 Å². The Bertz CT molecular complexity index is 1860. The Morgan fingerprint density at radius 3 is 2.04 bits per heavy atom. The third kappa shape index (κ3) is 10.4. The lowest BCUT2D eigenvalue weighted by molar-refractivity contribution is -0.193. The summed E-state index contributed by atoms with van der Waals surface area (Å²) in [7, 11) is 0. The van der Waals surface area contributed by atoms with E-state index in [0.29, 0.717) is 43.9 Å². The van der Waals surface area contributed by atoms with Crippen molar-refractivity contribution >= 4 is 52.1 Å². The number of carbonyl (C=O) groups excluding carboxylic acids is 2. The number of aryl methyl sites for hydroxylation is 1. The van der Waals surface area contributed by atoms with Crippen molar-refractivity contribution in [3.63, 3.8) is 0 Å².